The molecule has 102 valence electrons. The van der Waals surface area contributed by atoms with Crippen molar-refractivity contribution >= 4 is 5.82 Å². The maximum absolute atomic E-state index is 4.56. The number of nitrogens with zero attached hydrogens (tertiary/aromatic N) is 2. The quantitative estimate of drug-likeness (QED) is 0.839. The number of anilines is 1. The smallest absolute Gasteiger partial charge is 0.128 e. The molecule has 0 amide bonds. The van der Waals surface area contributed by atoms with E-state index in [0.717, 1.165) is 18.8 Å². The highest BCUT2D eigenvalue weighted by molar-refractivity contribution is 5.41. The number of hydrogen-bond acceptors (Lipinski definition) is 3. The molecule has 0 saturated heterocycles. The molecule has 3 heteroatoms. The summed E-state index contributed by atoms with van der Waals surface area (Å²) in [7, 11) is 2.11. The Hall–Kier alpha value is -1.09. The van der Waals surface area contributed by atoms with E-state index < -0.39 is 0 Å². The van der Waals surface area contributed by atoms with Gasteiger partial charge in [-0.3, -0.25) is 0 Å². The van der Waals surface area contributed by atoms with Crippen LogP contribution in [0.2, 0.25) is 0 Å². The minimum absolute atomic E-state index is 0.144. The van der Waals surface area contributed by atoms with Gasteiger partial charge in [0.25, 0.3) is 0 Å². The van der Waals surface area contributed by atoms with Crippen molar-refractivity contribution in [1.29, 1.82) is 0 Å². The Labute approximate surface area is 112 Å². The third kappa shape index (κ3) is 3.98. The minimum Gasteiger partial charge on any atom is -0.355 e. The maximum Gasteiger partial charge on any atom is 0.128 e. The topological polar surface area (TPSA) is 28.2 Å². The second-order valence-corrected chi connectivity index (χ2v) is 5.79. The van der Waals surface area contributed by atoms with Gasteiger partial charge in [0.1, 0.15) is 5.82 Å². The van der Waals surface area contributed by atoms with Crippen LogP contribution in [-0.4, -0.2) is 23.6 Å². The molecule has 0 aliphatic carbocycles. The van der Waals surface area contributed by atoms with E-state index in [1.165, 1.54) is 5.56 Å². The van der Waals surface area contributed by atoms with Crippen molar-refractivity contribution in [1.82, 2.24) is 10.3 Å². The predicted octanol–water partition coefficient (Wildman–Crippen LogP) is 3.20. The average molecular weight is 249 g/mol. The second-order valence-electron chi connectivity index (χ2n) is 5.79. The molecular formula is C15H27N3. The minimum atomic E-state index is 0.144. The third-order valence-electron chi connectivity index (χ3n) is 3.64. The first-order chi connectivity index (χ1) is 8.36. The van der Waals surface area contributed by atoms with E-state index >= 15 is 0 Å². The van der Waals surface area contributed by atoms with Crippen molar-refractivity contribution in [2.45, 2.75) is 59.2 Å². The summed E-state index contributed by atoms with van der Waals surface area (Å²) >= 11 is 0. The second kappa shape index (κ2) is 6.19. The van der Waals surface area contributed by atoms with Crippen molar-refractivity contribution in [2.24, 2.45) is 0 Å². The maximum atomic E-state index is 4.56. The van der Waals surface area contributed by atoms with Crippen LogP contribution in [0.15, 0.2) is 18.3 Å². The van der Waals surface area contributed by atoms with Crippen LogP contribution in [0.3, 0.4) is 0 Å². The van der Waals surface area contributed by atoms with Crippen LogP contribution in [0.25, 0.3) is 0 Å². The highest BCUT2D eigenvalue weighted by Gasteiger charge is 2.22. The number of nitrogens with one attached hydrogen (secondary N) is 1. The average Bonchev–Trinajstić information content (AvgIpc) is 2.36. The van der Waals surface area contributed by atoms with E-state index in [1.807, 2.05) is 6.20 Å². The first-order valence-corrected chi connectivity index (χ1v) is 6.79. The molecule has 0 atom stereocenters. The first-order valence-electron chi connectivity index (χ1n) is 6.79. The van der Waals surface area contributed by atoms with Gasteiger partial charge in [0.05, 0.1) is 0 Å². The van der Waals surface area contributed by atoms with Gasteiger partial charge in [-0.1, -0.05) is 26.8 Å². The van der Waals surface area contributed by atoms with Crippen LogP contribution in [0.4, 0.5) is 5.82 Å². The Balaban J connectivity index is 2.70. The summed E-state index contributed by atoms with van der Waals surface area (Å²) < 4.78 is 0. The predicted molar refractivity (Wildman–Crippen MR) is 79.0 cm³/mol. The van der Waals surface area contributed by atoms with Gasteiger partial charge in [-0.15, -0.1) is 0 Å². The van der Waals surface area contributed by atoms with E-state index in [1.54, 1.807) is 0 Å². The number of pyridine rings is 1. The van der Waals surface area contributed by atoms with Gasteiger partial charge in [-0.25, -0.2) is 4.98 Å². The normalized spacial score (nSPS) is 11.9. The van der Waals surface area contributed by atoms with Crippen LogP contribution in [0.5, 0.6) is 0 Å². The molecule has 1 rings (SSSR count). The van der Waals surface area contributed by atoms with E-state index in [2.05, 4.69) is 69.0 Å². The Bertz CT molecular complexity index is 355. The molecule has 0 bridgehead atoms. The van der Waals surface area contributed by atoms with E-state index in [9.17, 15) is 0 Å². The van der Waals surface area contributed by atoms with Gasteiger partial charge < -0.3 is 10.2 Å². The molecule has 1 heterocycles. The summed E-state index contributed by atoms with van der Waals surface area (Å²) in [4.78, 5) is 6.80. The highest BCUT2D eigenvalue weighted by atomic mass is 15.2. The number of hydrogen-bond donors (Lipinski definition) is 1. The lowest BCUT2D eigenvalue weighted by Crippen LogP contribution is -2.41. The van der Waals surface area contributed by atoms with Gasteiger partial charge in [0.2, 0.25) is 0 Å². The van der Waals surface area contributed by atoms with Crippen molar-refractivity contribution in [3.63, 3.8) is 0 Å². The zero-order chi connectivity index (χ0) is 13.8. The molecule has 0 aliphatic heterocycles. The molecule has 3 nitrogen and oxygen atoms in total. The lowest BCUT2D eigenvalue weighted by molar-refractivity contribution is 0.467. The van der Waals surface area contributed by atoms with Crippen LogP contribution in [0.1, 0.15) is 46.6 Å². The van der Waals surface area contributed by atoms with Gasteiger partial charge in [0, 0.05) is 31.4 Å². The molecular weight excluding hydrogens is 222 g/mol. The molecule has 0 radical (unpaired) electrons. The fourth-order valence-corrected chi connectivity index (χ4v) is 1.59. The molecule has 18 heavy (non-hydrogen) atoms. The van der Waals surface area contributed by atoms with Crippen LogP contribution < -0.4 is 10.2 Å². The van der Waals surface area contributed by atoms with E-state index in [4.69, 9.17) is 0 Å². The van der Waals surface area contributed by atoms with Crippen molar-refractivity contribution in [3.05, 3.63) is 23.9 Å². The van der Waals surface area contributed by atoms with Gasteiger partial charge in [-0.05, 0) is 31.9 Å². The van der Waals surface area contributed by atoms with Crippen LogP contribution in [-0.2, 0) is 6.54 Å². The van der Waals surface area contributed by atoms with Crippen molar-refractivity contribution in [3.8, 4) is 0 Å². The Kier molecular flexibility index (Phi) is 5.15. The molecule has 0 fully saturated rings. The summed E-state index contributed by atoms with van der Waals surface area (Å²) in [6.07, 6.45) is 3.06. The van der Waals surface area contributed by atoms with Crippen molar-refractivity contribution in [2.75, 3.05) is 11.9 Å². The number of rotatable bonds is 6. The highest BCUT2D eigenvalue weighted by Crippen LogP contribution is 2.22. The Morgan fingerprint density at radius 3 is 2.44 bits per heavy atom. The summed E-state index contributed by atoms with van der Waals surface area (Å²) in [5.74, 6) is 1.04. The fourth-order valence-electron chi connectivity index (χ4n) is 1.59. The van der Waals surface area contributed by atoms with Gasteiger partial charge >= 0.3 is 0 Å². The van der Waals surface area contributed by atoms with Crippen LogP contribution >= 0.6 is 0 Å². The molecule has 1 aromatic heterocycles. The third-order valence-corrected chi connectivity index (χ3v) is 3.64. The molecule has 1 N–H and O–H groups in total. The zero-order valence-corrected chi connectivity index (χ0v) is 12.6. The molecule has 0 unspecified atom stereocenters. The summed E-state index contributed by atoms with van der Waals surface area (Å²) in [6.45, 7) is 11.9. The van der Waals surface area contributed by atoms with Gasteiger partial charge in [-0.2, -0.15) is 0 Å². The summed E-state index contributed by atoms with van der Waals surface area (Å²) in [5.41, 5.74) is 1.38. The SMILES string of the molecule is CCC(C)(C)N(C)c1ccc(CNC(C)C)cn1. The molecule has 0 aromatic carbocycles. The molecule has 0 spiro atoms. The van der Waals surface area contributed by atoms with Crippen molar-refractivity contribution < 1.29 is 0 Å². The zero-order valence-electron chi connectivity index (χ0n) is 12.6. The lowest BCUT2D eigenvalue weighted by atomic mass is 10.00. The van der Waals surface area contributed by atoms with Crippen LogP contribution in [0, 0.1) is 0 Å². The molecule has 0 aliphatic rings. The van der Waals surface area contributed by atoms with Gasteiger partial charge in [0.15, 0.2) is 0 Å². The summed E-state index contributed by atoms with van der Waals surface area (Å²) in [6, 6.07) is 4.76. The van der Waals surface area contributed by atoms with E-state index in [0.29, 0.717) is 6.04 Å². The van der Waals surface area contributed by atoms with E-state index in [-0.39, 0.29) is 5.54 Å². The first kappa shape index (κ1) is 15.0. The monoisotopic (exact) mass is 249 g/mol. The number of aromatic nitrogens is 1. The lowest BCUT2D eigenvalue weighted by Gasteiger charge is -2.35. The molecule has 1 aromatic rings. The standard InChI is InChI=1S/C15H27N3/c1-7-15(4,5)18(6)14-9-8-13(11-17-14)10-16-12(2)3/h8-9,11-12,16H,7,10H2,1-6H3. The largest absolute Gasteiger partial charge is 0.355 e. The Morgan fingerprint density at radius 1 is 1.33 bits per heavy atom. The molecule has 0 saturated carbocycles. The fraction of sp³-hybridized carbons (Fsp3) is 0.667. The summed E-state index contributed by atoms with van der Waals surface area (Å²) in [5, 5.41) is 3.40. The Morgan fingerprint density at radius 2 is 2.00 bits per heavy atom.